The number of fused-ring (bicyclic) bond motifs is 1. The number of furan rings is 1. The Labute approximate surface area is 157 Å². The molecular weight excluding hydrogens is 344 g/mol. The van der Waals surface area contributed by atoms with Crippen LogP contribution in [0.15, 0.2) is 47.1 Å². The summed E-state index contributed by atoms with van der Waals surface area (Å²) in [4.78, 5) is 24.0. The first-order valence-corrected chi connectivity index (χ1v) is 9.10. The predicted molar refractivity (Wildman–Crippen MR) is 102 cm³/mol. The van der Waals surface area contributed by atoms with Gasteiger partial charge in [0, 0.05) is 13.1 Å². The maximum absolute atomic E-state index is 12.6. The lowest BCUT2D eigenvalue weighted by Crippen LogP contribution is -2.43. The molecule has 1 aliphatic heterocycles. The largest absolute Gasteiger partial charge is 0.478 e. The lowest BCUT2D eigenvalue weighted by Gasteiger charge is -2.33. The molecule has 27 heavy (non-hydrogen) atoms. The molecule has 4 rings (SSSR count). The fourth-order valence-corrected chi connectivity index (χ4v) is 3.43. The third-order valence-corrected chi connectivity index (χ3v) is 4.82. The van der Waals surface area contributed by atoms with Gasteiger partial charge in [-0.15, -0.1) is 0 Å². The van der Waals surface area contributed by atoms with Crippen molar-refractivity contribution in [3.8, 4) is 5.88 Å². The van der Waals surface area contributed by atoms with Gasteiger partial charge in [-0.05, 0) is 37.1 Å². The van der Waals surface area contributed by atoms with Crippen LogP contribution >= 0.6 is 0 Å². The van der Waals surface area contributed by atoms with Gasteiger partial charge in [-0.2, -0.15) is 0 Å². The third kappa shape index (κ3) is 3.72. The van der Waals surface area contributed by atoms with Gasteiger partial charge in [-0.1, -0.05) is 12.1 Å². The average molecular weight is 366 g/mol. The zero-order chi connectivity index (χ0) is 18.6. The van der Waals surface area contributed by atoms with E-state index in [1.54, 1.807) is 13.4 Å². The summed E-state index contributed by atoms with van der Waals surface area (Å²) in [5.41, 5.74) is 1.61. The molecule has 0 saturated carbocycles. The predicted octanol–water partition coefficient (Wildman–Crippen LogP) is 2.76. The minimum Gasteiger partial charge on any atom is -0.478 e. The Morgan fingerprint density at radius 3 is 2.81 bits per heavy atom. The number of methoxy groups -OCH3 is 1. The Bertz CT molecular complexity index is 926. The number of hydrogen-bond acceptors (Lipinski definition) is 6. The molecule has 1 N–H and O–H groups in total. The third-order valence-electron chi connectivity index (χ3n) is 4.82. The number of piperidine rings is 1. The van der Waals surface area contributed by atoms with Crippen LogP contribution in [0, 0.1) is 5.92 Å². The minimum absolute atomic E-state index is 0.0313. The smallest absolute Gasteiger partial charge is 0.257 e. The van der Waals surface area contributed by atoms with E-state index in [4.69, 9.17) is 14.1 Å². The molecule has 0 unspecified atom stereocenters. The molecule has 2 aromatic heterocycles. The number of ether oxygens (including phenoxy) is 1. The van der Waals surface area contributed by atoms with Crippen LogP contribution in [0.5, 0.6) is 5.88 Å². The highest BCUT2D eigenvalue weighted by atomic mass is 16.5. The Hall–Kier alpha value is -3.09. The molecule has 1 saturated heterocycles. The van der Waals surface area contributed by atoms with Crippen molar-refractivity contribution in [2.45, 2.75) is 19.4 Å². The number of anilines is 1. The van der Waals surface area contributed by atoms with Crippen molar-refractivity contribution in [2.75, 3.05) is 25.1 Å². The van der Waals surface area contributed by atoms with Gasteiger partial charge in [0.1, 0.15) is 5.76 Å². The van der Waals surface area contributed by atoms with Gasteiger partial charge >= 0.3 is 0 Å². The highest BCUT2D eigenvalue weighted by Crippen LogP contribution is 2.30. The van der Waals surface area contributed by atoms with Gasteiger partial charge in [-0.25, -0.2) is 9.97 Å². The summed E-state index contributed by atoms with van der Waals surface area (Å²) >= 11 is 0. The Kier molecular flexibility index (Phi) is 4.91. The van der Waals surface area contributed by atoms with Crippen molar-refractivity contribution in [2.24, 2.45) is 5.92 Å². The molecule has 1 amide bonds. The van der Waals surface area contributed by atoms with Gasteiger partial charge < -0.3 is 19.4 Å². The zero-order valence-corrected chi connectivity index (χ0v) is 15.2. The van der Waals surface area contributed by atoms with Crippen LogP contribution in [0.2, 0.25) is 0 Å². The Morgan fingerprint density at radius 1 is 1.26 bits per heavy atom. The van der Waals surface area contributed by atoms with E-state index in [1.807, 2.05) is 36.4 Å². The zero-order valence-electron chi connectivity index (χ0n) is 15.2. The van der Waals surface area contributed by atoms with E-state index in [2.05, 4.69) is 15.2 Å². The number of rotatable bonds is 5. The molecule has 1 aromatic carbocycles. The number of nitrogens with one attached hydrogen (secondary N) is 1. The van der Waals surface area contributed by atoms with Gasteiger partial charge in [-0.3, -0.25) is 4.79 Å². The molecule has 1 aliphatic rings. The number of hydrogen-bond donors (Lipinski definition) is 1. The number of aromatic nitrogens is 2. The van der Waals surface area contributed by atoms with Crippen LogP contribution in [-0.2, 0) is 11.3 Å². The van der Waals surface area contributed by atoms with E-state index in [9.17, 15) is 4.79 Å². The SMILES string of the molecule is COc1nc2ccccc2nc1N1CCC[C@@H](C(=O)NCc2ccco2)C1. The van der Waals surface area contributed by atoms with Crippen LogP contribution in [0.1, 0.15) is 18.6 Å². The summed E-state index contributed by atoms with van der Waals surface area (Å²) in [6.45, 7) is 1.82. The van der Waals surface area contributed by atoms with Crippen molar-refractivity contribution in [1.82, 2.24) is 15.3 Å². The van der Waals surface area contributed by atoms with Gasteiger partial charge in [0.25, 0.3) is 5.88 Å². The number of carbonyl (C=O) groups excluding carboxylic acids is 1. The summed E-state index contributed by atoms with van der Waals surface area (Å²) in [6, 6.07) is 11.4. The Balaban J connectivity index is 1.50. The van der Waals surface area contributed by atoms with Crippen LogP contribution in [-0.4, -0.2) is 36.1 Å². The second-order valence-electron chi connectivity index (χ2n) is 6.63. The lowest BCUT2D eigenvalue weighted by molar-refractivity contribution is -0.125. The quantitative estimate of drug-likeness (QED) is 0.748. The molecular formula is C20H22N4O3. The average Bonchev–Trinajstić information content (AvgIpc) is 3.24. The molecule has 1 fully saturated rings. The summed E-state index contributed by atoms with van der Waals surface area (Å²) in [5, 5.41) is 2.96. The monoisotopic (exact) mass is 366 g/mol. The number of nitrogens with zero attached hydrogens (tertiary/aromatic N) is 3. The van der Waals surface area contributed by atoms with E-state index >= 15 is 0 Å². The van der Waals surface area contributed by atoms with Gasteiger partial charge in [0.2, 0.25) is 5.91 Å². The van der Waals surface area contributed by atoms with E-state index in [-0.39, 0.29) is 11.8 Å². The number of carbonyl (C=O) groups is 1. The van der Waals surface area contributed by atoms with E-state index in [0.717, 1.165) is 36.2 Å². The Morgan fingerprint density at radius 2 is 2.07 bits per heavy atom. The first-order chi connectivity index (χ1) is 13.2. The molecule has 0 bridgehead atoms. The molecule has 7 nitrogen and oxygen atoms in total. The molecule has 3 heterocycles. The lowest BCUT2D eigenvalue weighted by atomic mass is 9.97. The molecule has 0 radical (unpaired) electrons. The second kappa shape index (κ2) is 7.65. The first kappa shape index (κ1) is 17.3. The first-order valence-electron chi connectivity index (χ1n) is 9.10. The molecule has 7 heteroatoms. The van der Waals surface area contributed by atoms with E-state index in [0.29, 0.717) is 24.8 Å². The van der Waals surface area contributed by atoms with Crippen molar-refractivity contribution < 1.29 is 13.9 Å². The maximum atomic E-state index is 12.6. The number of benzene rings is 1. The van der Waals surface area contributed by atoms with Crippen molar-refractivity contribution in [3.63, 3.8) is 0 Å². The number of para-hydroxylation sites is 2. The molecule has 1 atom stereocenters. The van der Waals surface area contributed by atoms with Crippen molar-refractivity contribution >= 4 is 22.8 Å². The van der Waals surface area contributed by atoms with Crippen molar-refractivity contribution in [3.05, 3.63) is 48.4 Å². The highest BCUT2D eigenvalue weighted by Gasteiger charge is 2.28. The number of amides is 1. The van der Waals surface area contributed by atoms with Crippen molar-refractivity contribution in [1.29, 1.82) is 0 Å². The van der Waals surface area contributed by atoms with Crippen LogP contribution in [0.25, 0.3) is 11.0 Å². The van der Waals surface area contributed by atoms with Gasteiger partial charge in [0.05, 0.1) is 36.9 Å². The molecule has 0 aliphatic carbocycles. The summed E-state index contributed by atoms with van der Waals surface area (Å²) < 4.78 is 10.7. The van der Waals surface area contributed by atoms with E-state index < -0.39 is 0 Å². The molecule has 0 spiro atoms. The second-order valence-corrected chi connectivity index (χ2v) is 6.63. The minimum atomic E-state index is -0.105. The fourth-order valence-electron chi connectivity index (χ4n) is 3.43. The van der Waals surface area contributed by atoms with Crippen LogP contribution in [0.3, 0.4) is 0 Å². The standard InChI is InChI=1S/C20H22N4O3/c1-26-20-18(22-16-8-2-3-9-17(16)23-20)24-10-4-6-14(13-24)19(25)21-12-15-7-5-11-27-15/h2-3,5,7-9,11,14H,4,6,10,12-13H2,1H3,(H,21,25)/t14-/m1/s1. The summed E-state index contributed by atoms with van der Waals surface area (Å²) in [5.74, 6) is 1.86. The molecule has 140 valence electrons. The topological polar surface area (TPSA) is 80.5 Å². The maximum Gasteiger partial charge on any atom is 0.257 e. The van der Waals surface area contributed by atoms with E-state index in [1.165, 1.54) is 0 Å². The molecule has 3 aromatic rings. The van der Waals surface area contributed by atoms with Crippen LogP contribution < -0.4 is 15.0 Å². The summed E-state index contributed by atoms with van der Waals surface area (Å²) in [6.07, 6.45) is 3.37. The normalized spacial score (nSPS) is 17.1. The van der Waals surface area contributed by atoms with Crippen LogP contribution in [0.4, 0.5) is 5.82 Å². The summed E-state index contributed by atoms with van der Waals surface area (Å²) in [7, 11) is 1.60. The fraction of sp³-hybridized carbons (Fsp3) is 0.350. The van der Waals surface area contributed by atoms with Gasteiger partial charge in [0.15, 0.2) is 5.82 Å². The highest BCUT2D eigenvalue weighted by molar-refractivity contribution is 5.80.